The quantitative estimate of drug-likeness (QED) is 0.782. The minimum Gasteiger partial charge on any atom is -0.468 e. The summed E-state index contributed by atoms with van der Waals surface area (Å²) in [6.07, 6.45) is 0.501. The predicted molar refractivity (Wildman–Crippen MR) is 110 cm³/mol. The van der Waals surface area contributed by atoms with Gasteiger partial charge in [-0.1, -0.05) is 30.3 Å². The van der Waals surface area contributed by atoms with E-state index < -0.39 is 11.6 Å². The lowest BCUT2D eigenvalue weighted by molar-refractivity contribution is -0.176. The van der Waals surface area contributed by atoms with Crippen LogP contribution < -0.4 is 10.1 Å². The molecule has 6 heteroatoms. The first-order valence-electron chi connectivity index (χ1n) is 9.92. The van der Waals surface area contributed by atoms with E-state index in [0.29, 0.717) is 17.9 Å². The number of benzene rings is 2. The molecule has 2 aromatic carbocycles. The number of hydrogen-bond donors (Lipinski definition) is 2. The fourth-order valence-corrected chi connectivity index (χ4v) is 4.53. The number of β-amino-alcohol motifs (C(OH)–C–C–N with tert-alkyl or cyclic N) is 1. The van der Waals surface area contributed by atoms with Gasteiger partial charge in [0, 0.05) is 24.6 Å². The lowest BCUT2D eigenvalue weighted by Gasteiger charge is -2.52. The zero-order valence-corrected chi connectivity index (χ0v) is 16.9. The number of hydrogen-bond acceptors (Lipinski definition) is 4. The molecule has 0 saturated carbocycles. The topological polar surface area (TPSA) is 78.9 Å². The smallest absolute Gasteiger partial charge is 0.238 e. The highest BCUT2D eigenvalue weighted by Crippen LogP contribution is 2.50. The van der Waals surface area contributed by atoms with Gasteiger partial charge in [0.25, 0.3) is 0 Å². The number of anilines is 1. The summed E-state index contributed by atoms with van der Waals surface area (Å²) in [4.78, 5) is 28.3. The first kappa shape index (κ1) is 19.5. The van der Waals surface area contributed by atoms with Crippen molar-refractivity contribution in [3.63, 3.8) is 0 Å². The molecule has 0 spiro atoms. The summed E-state index contributed by atoms with van der Waals surface area (Å²) in [6, 6.07) is 13.4. The van der Waals surface area contributed by atoms with Gasteiger partial charge in [-0.25, -0.2) is 0 Å². The Morgan fingerprint density at radius 2 is 2.03 bits per heavy atom. The SMILES string of the molecule is Cc1ccc(C)c(NC(=O)C2C(=O)N(CCO)C3(C)CC2c2ccccc2O3)c1. The molecule has 2 amide bonds. The Balaban J connectivity index is 1.74. The highest BCUT2D eigenvalue weighted by atomic mass is 16.5. The number of para-hydroxylation sites is 1. The van der Waals surface area contributed by atoms with Crippen molar-refractivity contribution in [2.24, 2.45) is 5.92 Å². The molecule has 2 heterocycles. The van der Waals surface area contributed by atoms with Crippen LogP contribution >= 0.6 is 0 Å². The summed E-state index contributed by atoms with van der Waals surface area (Å²) in [6.45, 7) is 5.67. The monoisotopic (exact) mass is 394 g/mol. The number of amides is 2. The van der Waals surface area contributed by atoms with E-state index in [1.807, 2.05) is 63.2 Å². The van der Waals surface area contributed by atoms with Crippen LogP contribution in [0.3, 0.4) is 0 Å². The van der Waals surface area contributed by atoms with Crippen molar-refractivity contribution in [1.29, 1.82) is 0 Å². The standard InChI is InChI=1S/C23H26N2O4/c1-14-8-9-15(2)18(12-14)24-21(27)20-17-13-23(3,25(10-11-26)22(20)28)29-19-7-5-4-6-16(17)19/h4-9,12,17,20,26H,10-11,13H2,1-3H3,(H,24,27). The average molecular weight is 394 g/mol. The summed E-state index contributed by atoms with van der Waals surface area (Å²) in [5, 5.41) is 12.5. The van der Waals surface area contributed by atoms with E-state index in [2.05, 4.69) is 5.32 Å². The van der Waals surface area contributed by atoms with Crippen molar-refractivity contribution in [2.75, 3.05) is 18.5 Å². The number of nitrogens with zero attached hydrogens (tertiary/aromatic N) is 1. The molecule has 0 radical (unpaired) electrons. The molecule has 2 N–H and O–H groups in total. The molecule has 0 aliphatic carbocycles. The molecule has 0 aromatic heterocycles. The van der Waals surface area contributed by atoms with Gasteiger partial charge in [0.1, 0.15) is 11.7 Å². The number of ether oxygens (including phenoxy) is 1. The third-order valence-corrected chi connectivity index (χ3v) is 6.01. The number of fused-ring (bicyclic) bond motifs is 4. The van der Waals surface area contributed by atoms with Crippen LogP contribution in [0.5, 0.6) is 5.75 Å². The van der Waals surface area contributed by atoms with E-state index >= 15 is 0 Å². The van der Waals surface area contributed by atoms with Gasteiger partial charge < -0.3 is 20.1 Å². The number of piperidine rings is 1. The van der Waals surface area contributed by atoms with Crippen LogP contribution in [0, 0.1) is 19.8 Å². The first-order valence-corrected chi connectivity index (χ1v) is 9.92. The maximum atomic E-state index is 13.4. The third kappa shape index (κ3) is 3.27. The van der Waals surface area contributed by atoms with Crippen LogP contribution in [0.15, 0.2) is 42.5 Å². The second-order valence-electron chi connectivity index (χ2n) is 8.12. The van der Waals surface area contributed by atoms with Gasteiger partial charge in [-0.2, -0.15) is 0 Å². The van der Waals surface area contributed by atoms with Crippen LogP contribution in [0.25, 0.3) is 0 Å². The minimum absolute atomic E-state index is 0.122. The van der Waals surface area contributed by atoms with E-state index in [4.69, 9.17) is 4.74 Å². The van der Waals surface area contributed by atoms with Crippen LogP contribution in [0.1, 0.15) is 36.0 Å². The number of aliphatic hydroxyl groups is 1. The van der Waals surface area contributed by atoms with Crippen LogP contribution in [0.4, 0.5) is 5.69 Å². The molecule has 3 atom stereocenters. The highest BCUT2D eigenvalue weighted by molar-refractivity contribution is 6.08. The number of carbonyl (C=O) groups excluding carboxylic acids is 2. The van der Waals surface area contributed by atoms with Crippen molar-refractivity contribution >= 4 is 17.5 Å². The molecule has 2 aliphatic rings. The number of carbonyl (C=O) groups is 2. The van der Waals surface area contributed by atoms with Crippen LogP contribution in [0.2, 0.25) is 0 Å². The van der Waals surface area contributed by atoms with E-state index in [-0.39, 0.29) is 30.9 Å². The number of aryl methyl sites for hydroxylation is 2. The molecule has 1 fully saturated rings. The Kier molecular flexibility index (Phi) is 4.82. The Morgan fingerprint density at radius 3 is 2.79 bits per heavy atom. The molecule has 2 aromatic rings. The average Bonchev–Trinajstić information content (AvgIpc) is 2.68. The van der Waals surface area contributed by atoms with Gasteiger partial charge in [0.2, 0.25) is 11.8 Å². The minimum atomic E-state index is -0.880. The highest BCUT2D eigenvalue weighted by Gasteiger charge is 2.55. The molecule has 1 saturated heterocycles. The maximum absolute atomic E-state index is 13.4. The largest absolute Gasteiger partial charge is 0.468 e. The second kappa shape index (κ2) is 7.19. The van der Waals surface area contributed by atoms with E-state index in [9.17, 15) is 14.7 Å². The normalized spacial score (nSPS) is 25.2. The molecule has 4 rings (SSSR count). The Bertz CT molecular complexity index is 973. The van der Waals surface area contributed by atoms with Crippen molar-refractivity contribution in [3.05, 3.63) is 59.2 Å². The van der Waals surface area contributed by atoms with Gasteiger partial charge in [-0.15, -0.1) is 0 Å². The predicted octanol–water partition coefficient (Wildman–Crippen LogP) is 2.98. The Hall–Kier alpha value is -2.86. The summed E-state index contributed by atoms with van der Waals surface area (Å²) >= 11 is 0. The maximum Gasteiger partial charge on any atom is 0.238 e. The second-order valence-corrected chi connectivity index (χ2v) is 8.12. The zero-order valence-electron chi connectivity index (χ0n) is 16.9. The van der Waals surface area contributed by atoms with E-state index in [1.165, 1.54) is 4.90 Å². The van der Waals surface area contributed by atoms with Crippen LogP contribution in [-0.4, -0.2) is 40.7 Å². The number of rotatable bonds is 4. The molecule has 3 unspecified atom stereocenters. The molecule has 2 aliphatic heterocycles. The Morgan fingerprint density at radius 1 is 1.28 bits per heavy atom. The molecule has 6 nitrogen and oxygen atoms in total. The summed E-state index contributed by atoms with van der Waals surface area (Å²) in [5.41, 5.74) is 2.69. The Labute approximate surface area is 170 Å². The van der Waals surface area contributed by atoms with Crippen molar-refractivity contribution < 1.29 is 19.4 Å². The molecule has 2 bridgehead atoms. The lowest BCUT2D eigenvalue weighted by atomic mass is 9.73. The van der Waals surface area contributed by atoms with Gasteiger partial charge in [-0.3, -0.25) is 9.59 Å². The number of likely N-dealkylation sites (tertiary alicyclic amines) is 1. The van der Waals surface area contributed by atoms with E-state index in [1.54, 1.807) is 0 Å². The first-order chi connectivity index (χ1) is 13.8. The molecular weight excluding hydrogens is 368 g/mol. The number of aliphatic hydroxyl groups excluding tert-OH is 1. The number of nitrogens with one attached hydrogen (secondary N) is 1. The zero-order chi connectivity index (χ0) is 20.8. The lowest BCUT2D eigenvalue weighted by Crippen LogP contribution is -2.64. The molecule has 29 heavy (non-hydrogen) atoms. The summed E-state index contributed by atoms with van der Waals surface area (Å²) in [7, 11) is 0. The summed E-state index contributed by atoms with van der Waals surface area (Å²) in [5.74, 6) is -1.10. The summed E-state index contributed by atoms with van der Waals surface area (Å²) < 4.78 is 6.17. The van der Waals surface area contributed by atoms with Crippen molar-refractivity contribution in [3.8, 4) is 5.75 Å². The van der Waals surface area contributed by atoms with Gasteiger partial charge in [0.15, 0.2) is 5.72 Å². The van der Waals surface area contributed by atoms with Gasteiger partial charge >= 0.3 is 0 Å². The van der Waals surface area contributed by atoms with Gasteiger partial charge in [0.05, 0.1) is 6.61 Å². The van der Waals surface area contributed by atoms with Crippen molar-refractivity contribution in [2.45, 2.75) is 38.8 Å². The molecular formula is C23H26N2O4. The van der Waals surface area contributed by atoms with Crippen LogP contribution in [-0.2, 0) is 9.59 Å². The fourth-order valence-electron chi connectivity index (χ4n) is 4.53. The third-order valence-electron chi connectivity index (χ3n) is 6.01. The fraction of sp³-hybridized carbons (Fsp3) is 0.391. The van der Waals surface area contributed by atoms with Gasteiger partial charge in [-0.05, 0) is 49.6 Å². The van der Waals surface area contributed by atoms with Crippen molar-refractivity contribution in [1.82, 2.24) is 4.90 Å². The molecule has 152 valence electrons. The van der Waals surface area contributed by atoms with E-state index in [0.717, 1.165) is 16.7 Å².